The molecule has 51 heavy (non-hydrogen) atoms. The quantitative estimate of drug-likeness (QED) is 0.157. The van der Waals surface area contributed by atoms with Crippen molar-refractivity contribution in [2.75, 3.05) is 17.1 Å². The van der Waals surface area contributed by atoms with Crippen LogP contribution >= 0.6 is 23.5 Å². The van der Waals surface area contributed by atoms with E-state index in [1.54, 1.807) is 0 Å². The van der Waals surface area contributed by atoms with Gasteiger partial charge in [-0.15, -0.1) is 23.5 Å². The molecule has 4 nitrogen and oxygen atoms in total. The number of pyridine rings is 2. The lowest BCUT2D eigenvalue weighted by molar-refractivity contribution is 0.490. The Kier molecular flexibility index (Phi) is 8.45. The molecule has 5 aromatic rings. The van der Waals surface area contributed by atoms with Crippen LogP contribution in [-0.4, -0.2) is 21.7 Å². The normalized spacial score (nSPS) is 17.1. The predicted molar refractivity (Wildman–Crippen MR) is 218 cm³/mol. The summed E-state index contributed by atoms with van der Waals surface area (Å²) in [5, 5.41) is 7.27. The molecule has 0 saturated carbocycles. The van der Waals surface area contributed by atoms with Crippen LogP contribution in [0.4, 0.5) is 5.69 Å². The second-order valence-corrected chi connectivity index (χ2v) is 15.5. The van der Waals surface area contributed by atoms with Crippen molar-refractivity contribution in [2.24, 2.45) is 0 Å². The van der Waals surface area contributed by atoms with Crippen molar-refractivity contribution >= 4 is 53.0 Å². The zero-order valence-corrected chi connectivity index (χ0v) is 30.6. The molecular weight excluding hydrogens is 661 g/mol. The number of hydrogen-bond donors (Lipinski definition) is 2. The first-order valence-electron chi connectivity index (χ1n) is 18.0. The van der Waals surface area contributed by atoms with Crippen molar-refractivity contribution in [2.45, 2.75) is 49.8 Å². The van der Waals surface area contributed by atoms with Crippen LogP contribution in [0.25, 0.3) is 46.2 Å². The molecule has 4 heterocycles. The van der Waals surface area contributed by atoms with Crippen LogP contribution in [0.15, 0.2) is 124 Å². The maximum Gasteiger partial charge on any atom is 0.0723 e. The van der Waals surface area contributed by atoms with Crippen molar-refractivity contribution in [1.29, 1.82) is 0 Å². The molecule has 0 spiro atoms. The topological polar surface area (TPSA) is 49.8 Å². The molecule has 3 aromatic carbocycles. The monoisotopic (exact) mass is 700 g/mol. The summed E-state index contributed by atoms with van der Waals surface area (Å²) in [6, 6.07) is 31.0. The first kappa shape index (κ1) is 32.1. The first-order valence-corrected chi connectivity index (χ1v) is 20.0. The number of allylic oxidation sites excluding steroid dienone is 3. The molecule has 2 aliphatic carbocycles. The van der Waals surface area contributed by atoms with Crippen LogP contribution in [0.2, 0.25) is 0 Å². The molecule has 0 radical (unpaired) electrons. The lowest BCUT2D eigenvalue weighted by Crippen LogP contribution is -2.23. The minimum absolute atomic E-state index is 0.00636. The largest absolute Gasteiger partial charge is 0.375 e. The molecule has 252 valence electrons. The molecule has 2 aromatic heterocycles. The van der Waals surface area contributed by atoms with E-state index in [2.05, 4.69) is 132 Å². The Bertz CT molecular complexity index is 2280. The first-order chi connectivity index (χ1) is 25.2. The number of aromatic nitrogens is 2. The number of benzene rings is 3. The van der Waals surface area contributed by atoms with Gasteiger partial charge >= 0.3 is 0 Å². The minimum Gasteiger partial charge on any atom is -0.375 e. The van der Waals surface area contributed by atoms with E-state index in [-0.39, 0.29) is 5.41 Å². The van der Waals surface area contributed by atoms with E-state index >= 15 is 0 Å². The van der Waals surface area contributed by atoms with Gasteiger partial charge in [-0.25, -0.2) is 0 Å². The number of fused-ring (bicyclic) bond motifs is 5. The lowest BCUT2D eigenvalue weighted by Gasteiger charge is -2.30. The fraction of sp³-hybridized carbons (Fsp3) is 0.200. The van der Waals surface area contributed by atoms with Gasteiger partial charge in [0, 0.05) is 33.2 Å². The zero-order valence-electron chi connectivity index (χ0n) is 29.0. The average Bonchev–Trinajstić information content (AvgIpc) is 3.94. The van der Waals surface area contributed by atoms with E-state index in [1.807, 2.05) is 48.1 Å². The molecule has 6 heteroatoms. The summed E-state index contributed by atoms with van der Waals surface area (Å²) in [7, 11) is 0. The summed E-state index contributed by atoms with van der Waals surface area (Å²) in [6.45, 7) is 4.71. The molecule has 2 aliphatic heterocycles. The van der Waals surface area contributed by atoms with Gasteiger partial charge in [0.1, 0.15) is 0 Å². The number of hydrogen-bond acceptors (Lipinski definition) is 6. The third kappa shape index (κ3) is 5.56. The van der Waals surface area contributed by atoms with E-state index in [0.717, 1.165) is 54.4 Å². The van der Waals surface area contributed by atoms with Crippen LogP contribution in [0.1, 0.15) is 73.0 Å². The van der Waals surface area contributed by atoms with Crippen LogP contribution in [0.5, 0.6) is 0 Å². The fourth-order valence-corrected chi connectivity index (χ4v) is 10.5. The Balaban J connectivity index is 1.01. The summed E-state index contributed by atoms with van der Waals surface area (Å²) < 4.78 is 0. The van der Waals surface area contributed by atoms with Gasteiger partial charge in [0.15, 0.2) is 0 Å². The Morgan fingerprint density at radius 1 is 0.667 bits per heavy atom. The van der Waals surface area contributed by atoms with Crippen molar-refractivity contribution < 1.29 is 0 Å². The molecule has 1 fully saturated rings. The van der Waals surface area contributed by atoms with Crippen molar-refractivity contribution in [1.82, 2.24) is 15.3 Å². The van der Waals surface area contributed by atoms with Gasteiger partial charge in [-0.1, -0.05) is 98.8 Å². The van der Waals surface area contributed by atoms with Crippen molar-refractivity contribution in [3.63, 3.8) is 0 Å². The SMILES string of the molecule is CCC1(CC)c2cc(/C=C/C3=C4NCSC4=C(c4ccccn4)CC3)ccc2-c2ccc(/C=C/c3ccc(-c4ccccn4)c4c3SCN4)cc21. The molecule has 4 aliphatic rings. The second kappa shape index (κ2) is 13.4. The highest BCUT2D eigenvalue weighted by atomic mass is 32.2. The van der Waals surface area contributed by atoms with Crippen LogP contribution < -0.4 is 10.6 Å². The summed E-state index contributed by atoms with van der Waals surface area (Å²) in [5.41, 5.74) is 17.9. The predicted octanol–water partition coefficient (Wildman–Crippen LogP) is 11.6. The molecule has 2 N–H and O–H groups in total. The van der Waals surface area contributed by atoms with Gasteiger partial charge in [0.05, 0.1) is 34.5 Å². The highest BCUT2D eigenvalue weighted by Gasteiger charge is 2.40. The molecular formula is C45H40N4S2. The Morgan fingerprint density at radius 3 is 2.02 bits per heavy atom. The highest BCUT2D eigenvalue weighted by molar-refractivity contribution is 8.03. The van der Waals surface area contributed by atoms with Gasteiger partial charge < -0.3 is 10.6 Å². The third-order valence-corrected chi connectivity index (χ3v) is 13.1. The maximum absolute atomic E-state index is 4.67. The second-order valence-electron chi connectivity index (χ2n) is 13.5. The molecule has 0 unspecified atom stereocenters. The van der Waals surface area contributed by atoms with Crippen molar-refractivity contribution in [3.05, 3.63) is 153 Å². The molecule has 1 saturated heterocycles. The summed E-state index contributed by atoms with van der Waals surface area (Å²) >= 11 is 3.77. The number of rotatable bonds is 8. The van der Waals surface area contributed by atoms with Gasteiger partial charge in [-0.05, 0) is 100 Å². The highest BCUT2D eigenvalue weighted by Crippen LogP contribution is 2.53. The van der Waals surface area contributed by atoms with Gasteiger partial charge in [-0.3, -0.25) is 9.97 Å². The van der Waals surface area contributed by atoms with Crippen LogP contribution in [0.3, 0.4) is 0 Å². The van der Waals surface area contributed by atoms with Gasteiger partial charge in [0.2, 0.25) is 0 Å². The van der Waals surface area contributed by atoms with E-state index in [4.69, 9.17) is 0 Å². The summed E-state index contributed by atoms with van der Waals surface area (Å²) in [4.78, 5) is 11.9. The Labute approximate surface area is 309 Å². The number of anilines is 1. The fourth-order valence-electron chi connectivity index (χ4n) is 8.39. The number of nitrogens with one attached hydrogen (secondary N) is 2. The number of nitrogens with zero attached hydrogens (tertiary/aromatic N) is 2. The Hall–Kier alpha value is -4.78. The summed E-state index contributed by atoms with van der Waals surface area (Å²) in [5.74, 6) is 1.79. The molecule has 9 rings (SSSR count). The molecule has 0 amide bonds. The van der Waals surface area contributed by atoms with Crippen LogP contribution in [-0.2, 0) is 5.41 Å². The van der Waals surface area contributed by atoms with Crippen molar-refractivity contribution in [3.8, 4) is 22.4 Å². The molecule has 0 bridgehead atoms. The third-order valence-electron chi connectivity index (χ3n) is 11.0. The van der Waals surface area contributed by atoms with Gasteiger partial charge in [-0.2, -0.15) is 0 Å². The smallest absolute Gasteiger partial charge is 0.0723 e. The Morgan fingerprint density at radius 2 is 1.33 bits per heavy atom. The van der Waals surface area contributed by atoms with E-state index in [9.17, 15) is 0 Å². The lowest BCUT2D eigenvalue weighted by atomic mass is 9.73. The maximum atomic E-state index is 4.67. The van der Waals surface area contributed by atoms with Crippen LogP contribution in [0, 0.1) is 0 Å². The van der Waals surface area contributed by atoms with Gasteiger partial charge in [0.25, 0.3) is 0 Å². The van der Waals surface area contributed by atoms with E-state index in [1.165, 1.54) is 71.3 Å². The van der Waals surface area contributed by atoms with E-state index in [0.29, 0.717) is 0 Å². The molecule has 0 atom stereocenters. The standard InChI is InChI=1S/C45H40N4S2/c1-3-45(4-2)37-25-29(11-15-31-17-22-36(40-10-6-8-24-47-40)44-41(31)48-27-51-44)13-19-33(37)34-20-14-30(26-38(34)45)12-16-32-18-21-35(39-9-5-7-23-46-39)42-43(32)50-28-49-42/h5-16,18-21,23-26,48-49H,3-4,17,22,27-28H2,1-2H3/b15-11+,16-12+. The minimum atomic E-state index is -0.00636. The number of thioether (sulfide) groups is 2. The summed E-state index contributed by atoms with van der Waals surface area (Å²) in [6.07, 6.45) is 17.2. The average molecular weight is 701 g/mol. The zero-order chi connectivity index (χ0) is 34.4. The van der Waals surface area contributed by atoms with E-state index < -0.39 is 0 Å².